The molecular weight excluding hydrogens is 278 g/mol. The molecule has 6 nitrogen and oxygen atoms in total. The first-order valence-electron chi connectivity index (χ1n) is 7.37. The van der Waals surface area contributed by atoms with Crippen molar-refractivity contribution in [2.45, 2.75) is 27.2 Å². The van der Waals surface area contributed by atoms with Crippen LogP contribution >= 0.6 is 0 Å². The number of carbonyl (C=O) groups excluding carboxylic acids is 1. The number of hydrogen-bond donors (Lipinski definition) is 3. The smallest absolute Gasteiger partial charge is 0.229 e. The molecule has 1 amide bonds. The van der Waals surface area contributed by atoms with Crippen molar-refractivity contribution >= 4 is 29.0 Å². The van der Waals surface area contributed by atoms with Gasteiger partial charge in [0.05, 0.1) is 0 Å². The minimum absolute atomic E-state index is 0.00184. The SMILES string of the molecule is CCNc1cc(C)nc(Nc2ccc(NC(=O)CC)cc2)n1. The summed E-state index contributed by atoms with van der Waals surface area (Å²) in [5, 5.41) is 9.15. The first kappa shape index (κ1) is 15.8. The van der Waals surface area contributed by atoms with Gasteiger partial charge in [0.15, 0.2) is 0 Å². The highest BCUT2D eigenvalue weighted by molar-refractivity contribution is 5.90. The van der Waals surface area contributed by atoms with E-state index in [4.69, 9.17) is 0 Å². The van der Waals surface area contributed by atoms with Gasteiger partial charge in [0.25, 0.3) is 0 Å². The molecule has 0 spiro atoms. The van der Waals surface area contributed by atoms with E-state index in [0.717, 1.165) is 29.4 Å². The third-order valence-corrected chi connectivity index (χ3v) is 2.96. The lowest BCUT2D eigenvalue weighted by molar-refractivity contribution is -0.115. The minimum atomic E-state index is -0.00184. The molecule has 0 aliphatic carbocycles. The molecule has 1 heterocycles. The van der Waals surface area contributed by atoms with Crippen LogP contribution in [-0.4, -0.2) is 22.4 Å². The number of carbonyl (C=O) groups is 1. The van der Waals surface area contributed by atoms with Crippen molar-refractivity contribution in [1.29, 1.82) is 0 Å². The molecule has 2 aromatic rings. The Balaban J connectivity index is 2.09. The number of nitrogens with one attached hydrogen (secondary N) is 3. The van der Waals surface area contributed by atoms with Crippen LogP contribution in [0.25, 0.3) is 0 Å². The number of rotatable bonds is 6. The molecule has 0 fully saturated rings. The van der Waals surface area contributed by atoms with Crippen molar-refractivity contribution in [3.8, 4) is 0 Å². The van der Waals surface area contributed by atoms with Crippen LogP contribution in [0.3, 0.4) is 0 Å². The molecule has 0 aliphatic rings. The Bertz CT molecular complexity index is 639. The summed E-state index contributed by atoms with van der Waals surface area (Å²) in [5.41, 5.74) is 2.53. The Kier molecular flexibility index (Phi) is 5.30. The standard InChI is InChI=1S/C16H21N5O/c1-4-15(22)19-12-6-8-13(9-7-12)20-16-18-11(3)10-14(21-16)17-5-2/h6-10H,4-5H2,1-3H3,(H,19,22)(H2,17,18,20,21). The van der Waals surface area contributed by atoms with Gasteiger partial charge in [-0.25, -0.2) is 4.98 Å². The van der Waals surface area contributed by atoms with Crippen molar-refractivity contribution < 1.29 is 4.79 Å². The summed E-state index contributed by atoms with van der Waals surface area (Å²) in [5.74, 6) is 1.34. The fraction of sp³-hybridized carbons (Fsp3) is 0.312. The van der Waals surface area contributed by atoms with Gasteiger partial charge in [-0.1, -0.05) is 6.92 Å². The summed E-state index contributed by atoms with van der Waals surface area (Å²) in [4.78, 5) is 20.1. The summed E-state index contributed by atoms with van der Waals surface area (Å²) >= 11 is 0. The molecule has 22 heavy (non-hydrogen) atoms. The lowest BCUT2D eigenvalue weighted by Crippen LogP contribution is -2.09. The van der Waals surface area contributed by atoms with Crippen molar-refractivity contribution in [2.75, 3.05) is 22.5 Å². The van der Waals surface area contributed by atoms with Crippen LogP contribution in [-0.2, 0) is 4.79 Å². The van der Waals surface area contributed by atoms with Crippen molar-refractivity contribution in [3.05, 3.63) is 36.0 Å². The maximum Gasteiger partial charge on any atom is 0.229 e. The van der Waals surface area contributed by atoms with E-state index >= 15 is 0 Å². The van der Waals surface area contributed by atoms with E-state index in [1.807, 2.05) is 51.1 Å². The second kappa shape index (κ2) is 7.40. The summed E-state index contributed by atoms with van der Waals surface area (Å²) in [6.07, 6.45) is 0.463. The number of anilines is 4. The molecule has 0 saturated carbocycles. The second-order valence-electron chi connectivity index (χ2n) is 4.85. The Morgan fingerprint density at radius 2 is 1.77 bits per heavy atom. The summed E-state index contributed by atoms with van der Waals surface area (Å²) < 4.78 is 0. The predicted molar refractivity (Wildman–Crippen MR) is 89.6 cm³/mol. The molecule has 2 rings (SSSR count). The third-order valence-electron chi connectivity index (χ3n) is 2.96. The molecule has 3 N–H and O–H groups in total. The lowest BCUT2D eigenvalue weighted by Gasteiger charge is -2.09. The molecule has 6 heteroatoms. The van der Waals surface area contributed by atoms with E-state index in [9.17, 15) is 4.79 Å². The van der Waals surface area contributed by atoms with Gasteiger partial charge in [-0.05, 0) is 38.1 Å². The second-order valence-corrected chi connectivity index (χ2v) is 4.85. The first-order chi connectivity index (χ1) is 10.6. The van der Waals surface area contributed by atoms with Crippen molar-refractivity contribution in [1.82, 2.24) is 9.97 Å². The number of nitrogens with zero attached hydrogens (tertiary/aromatic N) is 2. The topological polar surface area (TPSA) is 78.9 Å². The van der Waals surface area contributed by atoms with Gasteiger partial charge in [0, 0.05) is 36.1 Å². The van der Waals surface area contributed by atoms with Crippen LogP contribution in [0.2, 0.25) is 0 Å². The molecule has 0 aliphatic heterocycles. The monoisotopic (exact) mass is 299 g/mol. The maximum absolute atomic E-state index is 11.3. The number of amides is 1. The van der Waals surface area contributed by atoms with E-state index in [0.29, 0.717) is 12.4 Å². The van der Waals surface area contributed by atoms with Gasteiger partial charge in [0.1, 0.15) is 5.82 Å². The fourth-order valence-electron chi connectivity index (χ4n) is 1.91. The van der Waals surface area contributed by atoms with E-state index in [2.05, 4.69) is 25.9 Å². The molecule has 0 unspecified atom stereocenters. The highest BCUT2D eigenvalue weighted by Crippen LogP contribution is 2.18. The van der Waals surface area contributed by atoms with Gasteiger partial charge in [-0.3, -0.25) is 4.79 Å². The Morgan fingerprint density at radius 3 is 2.41 bits per heavy atom. The molecule has 0 atom stereocenters. The molecule has 116 valence electrons. The van der Waals surface area contributed by atoms with Crippen LogP contribution in [0, 0.1) is 6.92 Å². The highest BCUT2D eigenvalue weighted by atomic mass is 16.1. The predicted octanol–water partition coefficient (Wildman–Crippen LogP) is 3.31. The van der Waals surface area contributed by atoms with Crippen LogP contribution in [0.1, 0.15) is 26.0 Å². The van der Waals surface area contributed by atoms with E-state index in [1.54, 1.807) is 0 Å². The first-order valence-corrected chi connectivity index (χ1v) is 7.37. The maximum atomic E-state index is 11.3. The Morgan fingerprint density at radius 1 is 1.09 bits per heavy atom. The molecule has 1 aromatic heterocycles. The average Bonchev–Trinajstić information content (AvgIpc) is 2.49. The minimum Gasteiger partial charge on any atom is -0.370 e. The zero-order valence-corrected chi connectivity index (χ0v) is 13.1. The average molecular weight is 299 g/mol. The number of hydrogen-bond acceptors (Lipinski definition) is 5. The fourth-order valence-corrected chi connectivity index (χ4v) is 1.91. The van der Waals surface area contributed by atoms with Gasteiger partial charge < -0.3 is 16.0 Å². The van der Waals surface area contributed by atoms with Gasteiger partial charge in [-0.15, -0.1) is 0 Å². The molecule has 1 aromatic carbocycles. The Hall–Kier alpha value is -2.63. The van der Waals surface area contributed by atoms with Gasteiger partial charge in [0.2, 0.25) is 11.9 Å². The van der Waals surface area contributed by atoms with Crippen molar-refractivity contribution in [3.63, 3.8) is 0 Å². The summed E-state index contributed by atoms with van der Waals surface area (Å²) in [7, 11) is 0. The van der Waals surface area contributed by atoms with Crippen LogP contribution < -0.4 is 16.0 Å². The number of aromatic nitrogens is 2. The van der Waals surface area contributed by atoms with Crippen LogP contribution in [0.4, 0.5) is 23.1 Å². The quantitative estimate of drug-likeness (QED) is 0.762. The molecule has 0 radical (unpaired) electrons. The van der Waals surface area contributed by atoms with E-state index in [-0.39, 0.29) is 5.91 Å². The zero-order chi connectivity index (χ0) is 15.9. The largest absolute Gasteiger partial charge is 0.370 e. The highest BCUT2D eigenvalue weighted by Gasteiger charge is 2.03. The number of benzene rings is 1. The normalized spacial score (nSPS) is 10.1. The van der Waals surface area contributed by atoms with E-state index in [1.165, 1.54) is 0 Å². The Labute approximate surface area is 130 Å². The van der Waals surface area contributed by atoms with Crippen LogP contribution in [0.15, 0.2) is 30.3 Å². The third kappa shape index (κ3) is 4.44. The van der Waals surface area contributed by atoms with Gasteiger partial charge in [-0.2, -0.15) is 4.98 Å². The summed E-state index contributed by atoms with van der Waals surface area (Å²) in [6, 6.07) is 9.35. The molecular formula is C16H21N5O. The van der Waals surface area contributed by atoms with Crippen molar-refractivity contribution in [2.24, 2.45) is 0 Å². The summed E-state index contributed by atoms with van der Waals surface area (Å²) in [6.45, 7) is 6.58. The molecule has 0 bridgehead atoms. The zero-order valence-electron chi connectivity index (χ0n) is 13.1. The van der Waals surface area contributed by atoms with E-state index < -0.39 is 0 Å². The van der Waals surface area contributed by atoms with Gasteiger partial charge >= 0.3 is 0 Å². The molecule has 0 saturated heterocycles. The lowest BCUT2D eigenvalue weighted by atomic mass is 10.2. The van der Waals surface area contributed by atoms with Crippen LogP contribution in [0.5, 0.6) is 0 Å². The number of aryl methyl sites for hydroxylation is 1.